The maximum Gasteiger partial charge on any atom is 0.243 e. The zero-order chi connectivity index (χ0) is 17.6. The highest BCUT2D eigenvalue weighted by molar-refractivity contribution is 7.89. The highest BCUT2D eigenvalue weighted by atomic mass is 32.2. The van der Waals surface area contributed by atoms with Crippen LogP contribution in [0.3, 0.4) is 0 Å². The number of rotatable bonds is 8. The van der Waals surface area contributed by atoms with Crippen molar-refractivity contribution in [2.75, 3.05) is 53.5 Å². The molecule has 0 aliphatic carbocycles. The Kier molecular flexibility index (Phi) is 6.79. The van der Waals surface area contributed by atoms with Gasteiger partial charge in [-0.25, -0.2) is 17.5 Å². The molecule has 1 aromatic rings. The summed E-state index contributed by atoms with van der Waals surface area (Å²) < 4.78 is 51.1. The van der Waals surface area contributed by atoms with Crippen molar-refractivity contribution in [1.29, 1.82) is 0 Å². The lowest BCUT2D eigenvalue weighted by Gasteiger charge is -2.27. The summed E-state index contributed by atoms with van der Waals surface area (Å²) in [6.45, 7) is 4.86. The standard InChI is InChI=1S/C15H24FN3O4S/c1-22-13-10-12(16)15(11-14(13)23-2)24(20,21)18-4-3-7-19-8-5-17-6-9-19/h10-11,17-18H,3-9H2,1-2H3. The van der Waals surface area contributed by atoms with Gasteiger partial charge >= 0.3 is 0 Å². The maximum atomic E-state index is 14.1. The molecule has 1 fully saturated rings. The number of ether oxygens (including phenoxy) is 2. The quantitative estimate of drug-likeness (QED) is 0.653. The second-order valence-electron chi connectivity index (χ2n) is 5.48. The minimum absolute atomic E-state index is 0.146. The Hall–Kier alpha value is -1.42. The van der Waals surface area contributed by atoms with Gasteiger partial charge in [0.25, 0.3) is 0 Å². The first-order chi connectivity index (χ1) is 11.5. The Bertz CT molecular complexity index is 648. The number of methoxy groups -OCH3 is 2. The van der Waals surface area contributed by atoms with Crippen molar-refractivity contribution in [1.82, 2.24) is 14.9 Å². The van der Waals surface area contributed by atoms with Gasteiger partial charge in [-0.15, -0.1) is 0 Å². The number of benzene rings is 1. The summed E-state index contributed by atoms with van der Waals surface area (Å²) >= 11 is 0. The summed E-state index contributed by atoms with van der Waals surface area (Å²) in [4.78, 5) is 1.82. The number of hydrogen-bond donors (Lipinski definition) is 2. The normalized spacial score (nSPS) is 16.1. The van der Waals surface area contributed by atoms with E-state index in [1.54, 1.807) is 0 Å². The van der Waals surface area contributed by atoms with Crippen LogP contribution in [0.2, 0.25) is 0 Å². The monoisotopic (exact) mass is 361 g/mol. The van der Waals surface area contributed by atoms with Crippen LogP contribution in [0, 0.1) is 5.82 Å². The van der Waals surface area contributed by atoms with Crippen molar-refractivity contribution in [2.24, 2.45) is 0 Å². The van der Waals surface area contributed by atoms with E-state index in [0.29, 0.717) is 6.42 Å². The molecule has 136 valence electrons. The number of nitrogens with zero attached hydrogens (tertiary/aromatic N) is 1. The third kappa shape index (κ3) is 4.79. The molecule has 0 aromatic heterocycles. The third-order valence-electron chi connectivity index (χ3n) is 3.88. The summed E-state index contributed by atoms with van der Waals surface area (Å²) in [5, 5.41) is 3.26. The Morgan fingerprint density at radius 3 is 2.46 bits per heavy atom. The number of nitrogens with one attached hydrogen (secondary N) is 2. The first-order valence-corrected chi connectivity index (χ1v) is 9.30. The summed E-state index contributed by atoms with van der Waals surface area (Å²) in [6.07, 6.45) is 0.661. The van der Waals surface area contributed by atoms with Crippen LogP contribution >= 0.6 is 0 Å². The molecule has 1 aromatic carbocycles. The van der Waals surface area contributed by atoms with Crippen molar-refractivity contribution in [2.45, 2.75) is 11.3 Å². The summed E-state index contributed by atoms with van der Waals surface area (Å²) in [6, 6.07) is 2.14. The van der Waals surface area contributed by atoms with Crippen LogP contribution in [-0.4, -0.2) is 66.8 Å². The predicted octanol–water partition coefficient (Wildman–Crippen LogP) is 0.417. The van der Waals surface area contributed by atoms with Gasteiger partial charge in [-0.1, -0.05) is 0 Å². The fraction of sp³-hybridized carbons (Fsp3) is 0.600. The minimum Gasteiger partial charge on any atom is -0.493 e. The zero-order valence-corrected chi connectivity index (χ0v) is 14.8. The Balaban J connectivity index is 1.96. The molecule has 0 bridgehead atoms. The molecular weight excluding hydrogens is 337 g/mol. The second-order valence-corrected chi connectivity index (χ2v) is 7.22. The molecule has 0 unspecified atom stereocenters. The van der Waals surface area contributed by atoms with Gasteiger partial charge in [0.2, 0.25) is 10.0 Å². The van der Waals surface area contributed by atoms with Crippen LogP contribution in [0.5, 0.6) is 11.5 Å². The average molecular weight is 361 g/mol. The number of sulfonamides is 1. The molecule has 1 aliphatic rings. The largest absolute Gasteiger partial charge is 0.493 e. The van der Waals surface area contributed by atoms with Crippen molar-refractivity contribution in [3.63, 3.8) is 0 Å². The lowest BCUT2D eigenvalue weighted by molar-refractivity contribution is 0.239. The molecule has 0 amide bonds. The minimum atomic E-state index is -3.94. The van der Waals surface area contributed by atoms with Gasteiger partial charge < -0.3 is 19.7 Å². The van der Waals surface area contributed by atoms with E-state index in [0.717, 1.165) is 44.9 Å². The predicted molar refractivity (Wildman–Crippen MR) is 88.6 cm³/mol. The van der Waals surface area contributed by atoms with E-state index in [1.807, 2.05) is 0 Å². The smallest absolute Gasteiger partial charge is 0.243 e. The molecule has 1 aliphatic heterocycles. The SMILES string of the molecule is COc1cc(F)c(S(=O)(=O)NCCCN2CCNCC2)cc1OC. The second kappa shape index (κ2) is 8.61. The third-order valence-corrected chi connectivity index (χ3v) is 5.36. The molecular formula is C15H24FN3O4S. The van der Waals surface area contributed by atoms with Crippen LogP contribution in [0.1, 0.15) is 6.42 Å². The molecule has 9 heteroatoms. The average Bonchev–Trinajstić information content (AvgIpc) is 2.59. The lowest BCUT2D eigenvalue weighted by Crippen LogP contribution is -2.44. The van der Waals surface area contributed by atoms with Crippen LogP contribution in [-0.2, 0) is 10.0 Å². The van der Waals surface area contributed by atoms with Gasteiger partial charge in [0.05, 0.1) is 14.2 Å². The Morgan fingerprint density at radius 2 is 1.83 bits per heavy atom. The van der Waals surface area contributed by atoms with Gasteiger partial charge in [0.1, 0.15) is 10.7 Å². The molecule has 1 heterocycles. The van der Waals surface area contributed by atoms with E-state index in [2.05, 4.69) is 14.9 Å². The van der Waals surface area contributed by atoms with Crippen LogP contribution in [0.25, 0.3) is 0 Å². The number of piperazine rings is 1. The molecule has 1 saturated heterocycles. The maximum absolute atomic E-state index is 14.1. The van der Waals surface area contributed by atoms with Crippen molar-refractivity contribution in [3.05, 3.63) is 17.9 Å². The summed E-state index contributed by atoms with van der Waals surface area (Å²) in [7, 11) is -1.21. The lowest BCUT2D eigenvalue weighted by atomic mass is 10.3. The van der Waals surface area contributed by atoms with E-state index in [1.165, 1.54) is 14.2 Å². The number of hydrogen-bond acceptors (Lipinski definition) is 6. The van der Waals surface area contributed by atoms with Crippen LogP contribution in [0.15, 0.2) is 17.0 Å². The van der Waals surface area contributed by atoms with E-state index in [-0.39, 0.29) is 18.0 Å². The van der Waals surface area contributed by atoms with Gasteiger partial charge in [0.15, 0.2) is 11.5 Å². The molecule has 0 saturated carbocycles. The first-order valence-electron chi connectivity index (χ1n) is 7.82. The molecule has 24 heavy (non-hydrogen) atoms. The van der Waals surface area contributed by atoms with E-state index in [4.69, 9.17) is 9.47 Å². The van der Waals surface area contributed by atoms with Crippen LogP contribution < -0.4 is 19.5 Å². The zero-order valence-electron chi connectivity index (χ0n) is 14.0. The van der Waals surface area contributed by atoms with E-state index < -0.39 is 20.7 Å². The molecule has 0 atom stereocenters. The van der Waals surface area contributed by atoms with Crippen molar-refractivity contribution >= 4 is 10.0 Å². The topological polar surface area (TPSA) is 79.9 Å². The van der Waals surface area contributed by atoms with Gasteiger partial charge in [-0.05, 0) is 13.0 Å². The van der Waals surface area contributed by atoms with E-state index in [9.17, 15) is 12.8 Å². The molecule has 0 radical (unpaired) electrons. The molecule has 0 spiro atoms. The highest BCUT2D eigenvalue weighted by Gasteiger charge is 2.22. The first kappa shape index (κ1) is 18.9. The number of halogens is 1. The Morgan fingerprint density at radius 1 is 1.21 bits per heavy atom. The van der Waals surface area contributed by atoms with Gasteiger partial charge in [0, 0.05) is 44.9 Å². The van der Waals surface area contributed by atoms with E-state index >= 15 is 0 Å². The van der Waals surface area contributed by atoms with Gasteiger partial charge in [-0.3, -0.25) is 0 Å². The van der Waals surface area contributed by atoms with Gasteiger partial charge in [-0.2, -0.15) is 0 Å². The Labute approximate surface area is 142 Å². The van der Waals surface area contributed by atoms with Crippen LogP contribution in [0.4, 0.5) is 4.39 Å². The molecule has 2 N–H and O–H groups in total. The fourth-order valence-corrected chi connectivity index (χ4v) is 3.71. The highest BCUT2D eigenvalue weighted by Crippen LogP contribution is 2.31. The summed E-state index contributed by atoms with van der Waals surface area (Å²) in [5.74, 6) is -0.560. The summed E-state index contributed by atoms with van der Waals surface area (Å²) in [5.41, 5.74) is 0. The molecule has 2 rings (SSSR count). The van der Waals surface area contributed by atoms with Crippen molar-refractivity contribution in [3.8, 4) is 11.5 Å². The fourth-order valence-electron chi connectivity index (χ4n) is 2.56. The molecule has 7 nitrogen and oxygen atoms in total. The van der Waals surface area contributed by atoms with Crippen molar-refractivity contribution < 1.29 is 22.3 Å².